The molecule has 0 aliphatic rings. The molecule has 0 aliphatic heterocycles. The molecule has 0 unspecified atom stereocenters. The van der Waals surface area contributed by atoms with E-state index in [9.17, 15) is 13.2 Å². The van der Waals surface area contributed by atoms with Crippen LogP contribution in [0.5, 0.6) is 0 Å². The van der Waals surface area contributed by atoms with E-state index < -0.39 is 10.0 Å². The number of carbonyl (C=O) groups excluding carboxylic acids is 1. The summed E-state index contributed by atoms with van der Waals surface area (Å²) in [4.78, 5) is 23.7. The number of rotatable bonds is 7. The molecule has 0 atom stereocenters. The fraction of sp³-hybridized carbons (Fsp3) is 0.176. The third-order valence-electron chi connectivity index (χ3n) is 3.61. The van der Waals surface area contributed by atoms with Crippen LogP contribution in [0.1, 0.15) is 6.92 Å². The lowest BCUT2D eigenvalue weighted by molar-refractivity contribution is -0.114. The van der Waals surface area contributed by atoms with Crippen LogP contribution in [0.2, 0.25) is 0 Å². The summed E-state index contributed by atoms with van der Waals surface area (Å²) < 4.78 is 29.1. The zero-order chi connectivity index (χ0) is 19.3. The van der Waals surface area contributed by atoms with E-state index in [0.29, 0.717) is 23.9 Å². The lowest BCUT2D eigenvalue weighted by atomic mass is 10.3. The van der Waals surface area contributed by atoms with Gasteiger partial charge in [-0.05, 0) is 30.3 Å². The highest BCUT2D eigenvalue weighted by molar-refractivity contribution is 7.89. The van der Waals surface area contributed by atoms with Crippen molar-refractivity contribution >= 4 is 21.6 Å². The van der Waals surface area contributed by atoms with Gasteiger partial charge in [0.15, 0.2) is 11.6 Å². The summed E-state index contributed by atoms with van der Waals surface area (Å²) in [7, 11) is -3.66. The largest absolute Gasteiger partial charge is 0.327 e. The molecular weight excluding hydrogens is 368 g/mol. The van der Waals surface area contributed by atoms with Gasteiger partial charge in [-0.2, -0.15) is 0 Å². The Morgan fingerprint density at radius 1 is 1.07 bits per heavy atom. The first kappa shape index (κ1) is 18.7. The summed E-state index contributed by atoms with van der Waals surface area (Å²) in [5.41, 5.74) is 0.535. The van der Waals surface area contributed by atoms with Crippen LogP contribution in [0.25, 0.3) is 11.6 Å². The number of nitrogens with one attached hydrogen (secondary N) is 2. The summed E-state index contributed by atoms with van der Waals surface area (Å²) in [5, 5.41) is 2.59. The summed E-state index contributed by atoms with van der Waals surface area (Å²) >= 11 is 0. The van der Waals surface area contributed by atoms with Crippen LogP contribution in [-0.4, -0.2) is 40.4 Å². The van der Waals surface area contributed by atoms with E-state index in [1.165, 1.54) is 31.2 Å². The molecule has 27 heavy (non-hydrogen) atoms. The SMILES string of the molecule is CC(=O)Nc1ccc(S(=O)(=O)NCCn2ccnc2-c2ncccn2)cc1. The fourth-order valence-electron chi connectivity index (χ4n) is 2.41. The minimum atomic E-state index is -3.66. The Labute approximate surface area is 156 Å². The highest BCUT2D eigenvalue weighted by Crippen LogP contribution is 2.14. The monoisotopic (exact) mass is 386 g/mol. The van der Waals surface area contributed by atoms with Crippen molar-refractivity contribution in [2.45, 2.75) is 18.4 Å². The van der Waals surface area contributed by atoms with Crippen molar-refractivity contribution in [1.29, 1.82) is 0 Å². The number of carbonyl (C=O) groups is 1. The van der Waals surface area contributed by atoms with Crippen LogP contribution in [0.15, 0.2) is 60.0 Å². The normalized spacial score (nSPS) is 11.3. The number of aromatic nitrogens is 4. The molecule has 0 saturated carbocycles. The average Bonchev–Trinajstić information content (AvgIpc) is 3.11. The number of imidazole rings is 1. The lowest BCUT2D eigenvalue weighted by Gasteiger charge is -2.10. The van der Waals surface area contributed by atoms with Crippen molar-refractivity contribution in [3.63, 3.8) is 0 Å². The van der Waals surface area contributed by atoms with Crippen LogP contribution in [0.3, 0.4) is 0 Å². The first-order valence-electron chi connectivity index (χ1n) is 8.11. The van der Waals surface area contributed by atoms with Crippen molar-refractivity contribution in [2.75, 3.05) is 11.9 Å². The summed E-state index contributed by atoms with van der Waals surface area (Å²) in [5.74, 6) is 0.815. The lowest BCUT2D eigenvalue weighted by Crippen LogP contribution is -2.27. The molecule has 0 radical (unpaired) electrons. The maximum Gasteiger partial charge on any atom is 0.240 e. The van der Waals surface area contributed by atoms with Gasteiger partial charge in [-0.1, -0.05) is 0 Å². The molecule has 2 aromatic heterocycles. The maximum absolute atomic E-state index is 12.4. The number of hydrogen-bond donors (Lipinski definition) is 2. The molecule has 0 fully saturated rings. The second-order valence-electron chi connectivity index (χ2n) is 5.62. The van der Waals surface area contributed by atoms with Crippen LogP contribution in [0, 0.1) is 0 Å². The van der Waals surface area contributed by atoms with Gasteiger partial charge in [-0.15, -0.1) is 0 Å². The van der Waals surface area contributed by atoms with Gasteiger partial charge in [-0.3, -0.25) is 4.79 Å². The Morgan fingerprint density at radius 2 is 1.78 bits per heavy atom. The fourth-order valence-corrected chi connectivity index (χ4v) is 3.44. The molecule has 0 spiro atoms. The van der Waals surface area contributed by atoms with Crippen LogP contribution < -0.4 is 10.0 Å². The average molecular weight is 386 g/mol. The van der Waals surface area contributed by atoms with E-state index in [1.54, 1.807) is 35.4 Å². The molecule has 0 aliphatic carbocycles. The van der Waals surface area contributed by atoms with Gasteiger partial charge in [0.2, 0.25) is 15.9 Å². The van der Waals surface area contributed by atoms with Gasteiger partial charge in [0.1, 0.15) is 0 Å². The van der Waals surface area contributed by atoms with Crippen LogP contribution in [-0.2, 0) is 21.4 Å². The second kappa shape index (κ2) is 8.06. The number of benzene rings is 1. The maximum atomic E-state index is 12.4. The minimum absolute atomic E-state index is 0.119. The Bertz CT molecular complexity index is 1020. The van der Waals surface area contributed by atoms with Gasteiger partial charge < -0.3 is 9.88 Å². The van der Waals surface area contributed by atoms with Gasteiger partial charge in [0.25, 0.3) is 0 Å². The summed E-state index contributed by atoms with van der Waals surface area (Å²) in [6.07, 6.45) is 6.59. The molecule has 2 heterocycles. The molecular formula is C17H18N6O3S. The van der Waals surface area contributed by atoms with Gasteiger partial charge in [0, 0.05) is 50.5 Å². The molecule has 3 aromatic rings. The van der Waals surface area contributed by atoms with Crippen LogP contribution in [0.4, 0.5) is 5.69 Å². The summed E-state index contributed by atoms with van der Waals surface area (Å²) in [6, 6.07) is 7.66. The van der Waals surface area contributed by atoms with Crippen molar-refractivity contribution < 1.29 is 13.2 Å². The second-order valence-corrected chi connectivity index (χ2v) is 7.39. The Kier molecular flexibility index (Phi) is 5.57. The topological polar surface area (TPSA) is 119 Å². The molecule has 0 bridgehead atoms. The van der Waals surface area contributed by atoms with Crippen molar-refractivity contribution in [1.82, 2.24) is 24.2 Å². The molecule has 2 N–H and O–H groups in total. The van der Waals surface area contributed by atoms with Gasteiger partial charge in [-0.25, -0.2) is 28.1 Å². The third kappa shape index (κ3) is 4.74. The van der Waals surface area contributed by atoms with E-state index in [4.69, 9.17) is 0 Å². The smallest absolute Gasteiger partial charge is 0.240 e. The standard InChI is InChI=1S/C17H18N6O3S/c1-13(24)22-14-3-5-15(6-4-14)27(25,26)21-10-12-23-11-9-20-17(23)16-18-7-2-8-19-16/h2-9,11,21H,10,12H2,1H3,(H,22,24). The van der Waals surface area contributed by atoms with E-state index in [0.717, 1.165) is 0 Å². The Hall–Kier alpha value is -3.11. The number of anilines is 1. The number of hydrogen-bond acceptors (Lipinski definition) is 6. The molecule has 10 heteroatoms. The molecule has 9 nitrogen and oxygen atoms in total. The van der Waals surface area contributed by atoms with Gasteiger partial charge in [0.05, 0.1) is 4.90 Å². The van der Waals surface area contributed by atoms with E-state index in [2.05, 4.69) is 25.0 Å². The zero-order valence-corrected chi connectivity index (χ0v) is 15.3. The zero-order valence-electron chi connectivity index (χ0n) is 14.5. The first-order valence-corrected chi connectivity index (χ1v) is 9.60. The number of amides is 1. The predicted molar refractivity (Wildman–Crippen MR) is 99.2 cm³/mol. The Balaban J connectivity index is 1.63. The van der Waals surface area contributed by atoms with E-state index in [-0.39, 0.29) is 17.3 Å². The first-order chi connectivity index (χ1) is 13.0. The van der Waals surface area contributed by atoms with Crippen molar-refractivity contribution in [3.05, 3.63) is 55.1 Å². The highest BCUT2D eigenvalue weighted by Gasteiger charge is 2.14. The third-order valence-corrected chi connectivity index (χ3v) is 5.09. The minimum Gasteiger partial charge on any atom is -0.327 e. The molecule has 0 saturated heterocycles. The number of sulfonamides is 1. The quantitative estimate of drug-likeness (QED) is 0.631. The van der Waals surface area contributed by atoms with Gasteiger partial charge >= 0.3 is 0 Å². The van der Waals surface area contributed by atoms with E-state index >= 15 is 0 Å². The Morgan fingerprint density at radius 3 is 2.44 bits per heavy atom. The van der Waals surface area contributed by atoms with Crippen molar-refractivity contribution in [2.24, 2.45) is 0 Å². The van der Waals surface area contributed by atoms with E-state index in [1.807, 2.05) is 0 Å². The van der Waals surface area contributed by atoms with Crippen LogP contribution >= 0.6 is 0 Å². The summed E-state index contributed by atoms with van der Waals surface area (Å²) in [6.45, 7) is 1.93. The molecule has 1 amide bonds. The number of nitrogens with zero attached hydrogens (tertiary/aromatic N) is 4. The predicted octanol–water partition coefficient (Wildman–Crippen LogP) is 1.28. The highest BCUT2D eigenvalue weighted by atomic mass is 32.2. The van der Waals surface area contributed by atoms with Crippen molar-refractivity contribution in [3.8, 4) is 11.6 Å². The molecule has 1 aromatic carbocycles. The molecule has 140 valence electrons. The molecule has 3 rings (SSSR count).